The van der Waals surface area contributed by atoms with Gasteiger partial charge in [0.15, 0.2) is 0 Å². The number of nitrogens with one attached hydrogen (secondary N) is 2. The summed E-state index contributed by atoms with van der Waals surface area (Å²) >= 11 is 6.31. The molecule has 1 aromatic carbocycles. The van der Waals surface area contributed by atoms with Gasteiger partial charge < -0.3 is 20.3 Å². The Bertz CT molecular complexity index is 729. The molecular formula is C18H23ClN4O3. The highest BCUT2D eigenvalue weighted by atomic mass is 35.5. The maximum atomic E-state index is 12.5. The van der Waals surface area contributed by atoms with E-state index < -0.39 is 12.0 Å². The van der Waals surface area contributed by atoms with E-state index in [0.29, 0.717) is 28.4 Å². The second kappa shape index (κ2) is 8.07. The number of amides is 2. The zero-order valence-electron chi connectivity index (χ0n) is 14.9. The number of benzene rings is 1. The van der Waals surface area contributed by atoms with Gasteiger partial charge in [-0.1, -0.05) is 29.8 Å². The van der Waals surface area contributed by atoms with Gasteiger partial charge >= 0.3 is 12.0 Å². The number of carbonyl (C=O) groups excluding carboxylic acids is 2. The molecule has 0 unspecified atom stereocenters. The average molecular weight is 379 g/mol. The van der Waals surface area contributed by atoms with Gasteiger partial charge in [0.1, 0.15) is 0 Å². The fourth-order valence-electron chi connectivity index (χ4n) is 3.27. The molecule has 1 saturated heterocycles. The smallest absolute Gasteiger partial charge is 0.338 e. The number of ether oxygens (including phenoxy) is 1. The van der Waals surface area contributed by atoms with Gasteiger partial charge in [-0.15, -0.1) is 0 Å². The molecule has 0 spiro atoms. The molecule has 2 heterocycles. The number of likely N-dealkylation sites (N-methyl/N-ethyl adjacent to an activating group) is 1. The van der Waals surface area contributed by atoms with E-state index in [1.165, 1.54) is 7.11 Å². The summed E-state index contributed by atoms with van der Waals surface area (Å²) in [4.78, 5) is 29.2. The Morgan fingerprint density at radius 3 is 2.62 bits per heavy atom. The number of halogens is 1. The van der Waals surface area contributed by atoms with E-state index in [1.807, 2.05) is 6.07 Å². The van der Waals surface area contributed by atoms with E-state index in [1.54, 1.807) is 18.2 Å². The summed E-state index contributed by atoms with van der Waals surface area (Å²) in [6, 6.07) is 6.17. The van der Waals surface area contributed by atoms with Crippen LogP contribution in [0.5, 0.6) is 0 Å². The third kappa shape index (κ3) is 4.00. The standard InChI is InChI=1S/C18H23ClN4O3/c1-22-7-9-23(10-8-22)11-14-15(17(24)26-2)16(21-18(25)20-14)12-5-3-4-6-13(12)19/h3-6,16H,7-11H2,1-2H3,(H2,20,21,25)/t16-/m1/s1. The summed E-state index contributed by atoms with van der Waals surface area (Å²) in [7, 11) is 3.42. The number of nitrogens with zero attached hydrogens (tertiary/aromatic N) is 2. The molecule has 0 aromatic heterocycles. The number of carbonyl (C=O) groups is 2. The van der Waals surface area contributed by atoms with Crippen LogP contribution in [0.15, 0.2) is 35.5 Å². The summed E-state index contributed by atoms with van der Waals surface area (Å²) < 4.78 is 5.00. The van der Waals surface area contributed by atoms with Gasteiger partial charge in [-0.2, -0.15) is 0 Å². The molecule has 2 aliphatic rings. The van der Waals surface area contributed by atoms with Crippen molar-refractivity contribution in [3.63, 3.8) is 0 Å². The van der Waals surface area contributed by atoms with E-state index >= 15 is 0 Å². The molecule has 7 nitrogen and oxygen atoms in total. The molecule has 1 aromatic rings. The largest absolute Gasteiger partial charge is 0.466 e. The van der Waals surface area contributed by atoms with E-state index in [-0.39, 0.29) is 6.03 Å². The summed E-state index contributed by atoms with van der Waals surface area (Å²) in [5, 5.41) is 6.07. The molecule has 0 radical (unpaired) electrons. The van der Waals surface area contributed by atoms with Crippen LogP contribution in [-0.2, 0) is 9.53 Å². The van der Waals surface area contributed by atoms with Crippen LogP contribution in [0.2, 0.25) is 5.02 Å². The zero-order chi connectivity index (χ0) is 18.7. The minimum atomic E-state index is -0.646. The van der Waals surface area contributed by atoms with Crippen LogP contribution in [0, 0.1) is 0 Å². The predicted octanol–water partition coefficient (Wildman–Crippen LogP) is 1.37. The van der Waals surface area contributed by atoms with Crippen molar-refractivity contribution in [3.05, 3.63) is 46.1 Å². The van der Waals surface area contributed by atoms with E-state index in [9.17, 15) is 9.59 Å². The van der Waals surface area contributed by atoms with Crippen LogP contribution in [0.1, 0.15) is 11.6 Å². The fourth-order valence-corrected chi connectivity index (χ4v) is 3.51. The first-order valence-electron chi connectivity index (χ1n) is 8.53. The number of rotatable bonds is 4. The number of esters is 1. The average Bonchev–Trinajstić information content (AvgIpc) is 2.63. The number of piperazine rings is 1. The highest BCUT2D eigenvalue weighted by molar-refractivity contribution is 6.31. The summed E-state index contributed by atoms with van der Waals surface area (Å²) in [6.45, 7) is 4.11. The molecule has 2 amide bonds. The third-order valence-corrected chi connectivity index (χ3v) is 5.10. The van der Waals surface area contributed by atoms with E-state index in [2.05, 4.69) is 27.5 Å². The van der Waals surface area contributed by atoms with E-state index in [4.69, 9.17) is 16.3 Å². The lowest BCUT2D eigenvalue weighted by molar-refractivity contribution is -0.136. The summed E-state index contributed by atoms with van der Waals surface area (Å²) in [5.41, 5.74) is 1.62. The van der Waals surface area contributed by atoms with Crippen molar-refractivity contribution < 1.29 is 14.3 Å². The van der Waals surface area contributed by atoms with Gasteiger partial charge in [-0.25, -0.2) is 9.59 Å². The van der Waals surface area contributed by atoms with Crippen molar-refractivity contribution in [2.75, 3.05) is 46.9 Å². The lowest BCUT2D eigenvalue weighted by Crippen LogP contribution is -2.51. The number of methoxy groups -OCH3 is 1. The number of hydrogen-bond donors (Lipinski definition) is 2. The van der Waals surface area contributed by atoms with Crippen LogP contribution < -0.4 is 10.6 Å². The quantitative estimate of drug-likeness (QED) is 0.774. The highest BCUT2D eigenvalue weighted by Crippen LogP contribution is 2.32. The molecule has 0 saturated carbocycles. The fraction of sp³-hybridized carbons (Fsp3) is 0.444. The first kappa shape index (κ1) is 18.7. The minimum Gasteiger partial charge on any atom is -0.466 e. The molecule has 2 aliphatic heterocycles. The predicted molar refractivity (Wildman–Crippen MR) is 98.8 cm³/mol. The molecule has 8 heteroatoms. The molecule has 3 rings (SSSR count). The van der Waals surface area contributed by atoms with Crippen molar-refractivity contribution in [2.45, 2.75) is 6.04 Å². The van der Waals surface area contributed by atoms with Gasteiger partial charge in [0.05, 0.1) is 18.7 Å². The second-order valence-electron chi connectivity index (χ2n) is 6.52. The first-order valence-corrected chi connectivity index (χ1v) is 8.91. The lowest BCUT2D eigenvalue weighted by atomic mass is 9.95. The Balaban J connectivity index is 1.96. The van der Waals surface area contributed by atoms with Crippen molar-refractivity contribution in [3.8, 4) is 0 Å². The topological polar surface area (TPSA) is 73.9 Å². The van der Waals surface area contributed by atoms with Crippen LogP contribution >= 0.6 is 11.6 Å². The second-order valence-corrected chi connectivity index (χ2v) is 6.92. The van der Waals surface area contributed by atoms with Gasteiger partial charge in [0, 0.05) is 43.4 Å². The Hall–Kier alpha value is -2.09. The molecule has 140 valence electrons. The maximum Gasteiger partial charge on any atom is 0.338 e. The molecule has 0 aliphatic carbocycles. The van der Waals surface area contributed by atoms with Crippen LogP contribution in [0.25, 0.3) is 0 Å². The molecule has 0 bridgehead atoms. The highest BCUT2D eigenvalue weighted by Gasteiger charge is 2.35. The SMILES string of the molecule is COC(=O)C1=C(CN2CCN(C)CC2)NC(=O)N[C@@H]1c1ccccc1Cl. The third-order valence-electron chi connectivity index (χ3n) is 4.75. The van der Waals surface area contributed by atoms with Crippen LogP contribution in [0.3, 0.4) is 0 Å². The van der Waals surface area contributed by atoms with Gasteiger partial charge in [-0.3, -0.25) is 4.90 Å². The minimum absolute atomic E-state index is 0.355. The molecule has 26 heavy (non-hydrogen) atoms. The zero-order valence-corrected chi connectivity index (χ0v) is 15.7. The number of urea groups is 1. The van der Waals surface area contributed by atoms with Crippen molar-refractivity contribution >= 4 is 23.6 Å². The molecular weight excluding hydrogens is 356 g/mol. The van der Waals surface area contributed by atoms with Gasteiger partial charge in [0.2, 0.25) is 0 Å². The Morgan fingerprint density at radius 2 is 1.96 bits per heavy atom. The van der Waals surface area contributed by atoms with Gasteiger partial charge in [0.25, 0.3) is 0 Å². The Labute approximate surface area is 157 Å². The molecule has 1 atom stereocenters. The Morgan fingerprint density at radius 1 is 1.27 bits per heavy atom. The molecule has 1 fully saturated rings. The number of hydrogen-bond acceptors (Lipinski definition) is 5. The summed E-state index contributed by atoms with van der Waals surface area (Å²) in [6.07, 6.45) is 0. The van der Waals surface area contributed by atoms with Crippen LogP contribution in [-0.4, -0.2) is 68.7 Å². The molecule has 2 N–H and O–H groups in total. The Kier molecular flexibility index (Phi) is 5.80. The van der Waals surface area contributed by atoms with E-state index in [0.717, 1.165) is 26.2 Å². The van der Waals surface area contributed by atoms with Crippen molar-refractivity contribution in [1.29, 1.82) is 0 Å². The van der Waals surface area contributed by atoms with Crippen LogP contribution in [0.4, 0.5) is 4.79 Å². The maximum absolute atomic E-state index is 12.5. The summed E-state index contributed by atoms with van der Waals surface area (Å²) in [5.74, 6) is -0.480. The monoisotopic (exact) mass is 378 g/mol. The van der Waals surface area contributed by atoms with Crippen molar-refractivity contribution in [1.82, 2.24) is 20.4 Å². The van der Waals surface area contributed by atoms with Crippen molar-refractivity contribution in [2.24, 2.45) is 0 Å². The lowest BCUT2D eigenvalue weighted by Gasteiger charge is -2.35. The van der Waals surface area contributed by atoms with Gasteiger partial charge in [-0.05, 0) is 18.7 Å². The normalized spacial score (nSPS) is 22.0. The first-order chi connectivity index (χ1) is 12.5.